The summed E-state index contributed by atoms with van der Waals surface area (Å²) in [6.07, 6.45) is 0.852. The topological polar surface area (TPSA) is 71.0 Å². The Hall–Kier alpha value is -1.47. The van der Waals surface area contributed by atoms with Gasteiger partial charge in [0, 0.05) is 33.4 Å². The van der Waals surface area contributed by atoms with Gasteiger partial charge >= 0.3 is 0 Å². The standard InChI is InChI=1S/C17H26N2O4/c1-22-12-14-5-3-4-13(6-14)8-18-17(21)10-19-9-16(23-2)7-15(19)11-20/h3-6,15-16,20H,7-12H2,1-2H3,(H,18,21)/t15-,16-/m0/s1. The number of carbonyl (C=O) groups is 1. The summed E-state index contributed by atoms with van der Waals surface area (Å²) in [5.74, 6) is -0.0441. The molecule has 0 spiro atoms. The molecule has 6 nitrogen and oxygen atoms in total. The minimum Gasteiger partial charge on any atom is -0.395 e. The molecule has 1 aliphatic heterocycles. The van der Waals surface area contributed by atoms with Crippen LogP contribution in [-0.4, -0.2) is 62.0 Å². The van der Waals surface area contributed by atoms with Crippen molar-refractivity contribution in [2.75, 3.05) is 33.9 Å². The Bertz CT molecular complexity index is 509. The number of likely N-dealkylation sites (tertiary alicyclic amines) is 1. The second-order valence-electron chi connectivity index (χ2n) is 5.89. The normalized spacial score (nSPS) is 21.5. The lowest BCUT2D eigenvalue weighted by molar-refractivity contribution is -0.122. The van der Waals surface area contributed by atoms with Crippen LogP contribution in [0.15, 0.2) is 24.3 Å². The molecule has 0 bridgehead atoms. The molecule has 1 aromatic carbocycles. The van der Waals surface area contributed by atoms with Gasteiger partial charge in [-0.15, -0.1) is 0 Å². The highest BCUT2D eigenvalue weighted by Crippen LogP contribution is 2.19. The fourth-order valence-corrected chi connectivity index (χ4v) is 2.93. The fraction of sp³-hybridized carbons (Fsp3) is 0.588. The maximum atomic E-state index is 12.1. The van der Waals surface area contributed by atoms with Gasteiger partial charge in [0.05, 0.1) is 25.9 Å². The van der Waals surface area contributed by atoms with Crippen molar-refractivity contribution in [3.8, 4) is 0 Å². The van der Waals surface area contributed by atoms with Crippen LogP contribution < -0.4 is 5.32 Å². The number of ether oxygens (including phenoxy) is 2. The van der Waals surface area contributed by atoms with Gasteiger partial charge in [-0.3, -0.25) is 9.69 Å². The molecule has 2 atom stereocenters. The van der Waals surface area contributed by atoms with E-state index in [1.54, 1.807) is 14.2 Å². The predicted molar refractivity (Wildman–Crippen MR) is 86.9 cm³/mol. The fourth-order valence-electron chi connectivity index (χ4n) is 2.93. The first-order valence-electron chi connectivity index (χ1n) is 7.87. The zero-order chi connectivity index (χ0) is 16.7. The Labute approximate surface area is 137 Å². The summed E-state index contributed by atoms with van der Waals surface area (Å²) in [6.45, 7) is 2.06. The molecule has 1 amide bonds. The first-order valence-corrected chi connectivity index (χ1v) is 7.87. The molecule has 1 aliphatic rings. The second-order valence-corrected chi connectivity index (χ2v) is 5.89. The number of amides is 1. The summed E-state index contributed by atoms with van der Waals surface area (Å²) in [7, 11) is 3.32. The first-order chi connectivity index (χ1) is 11.2. The van der Waals surface area contributed by atoms with Crippen molar-refractivity contribution in [1.29, 1.82) is 0 Å². The molecule has 128 valence electrons. The number of hydrogen-bond acceptors (Lipinski definition) is 5. The molecule has 1 aromatic rings. The third-order valence-corrected chi connectivity index (χ3v) is 4.17. The lowest BCUT2D eigenvalue weighted by Crippen LogP contribution is -2.41. The maximum Gasteiger partial charge on any atom is 0.234 e. The van der Waals surface area contributed by atoms with Gasteiger partial charge in [-0.1, -0.05) is 24.3 Å². The van der Waals surface area contributed by atoms with E-state index < -0.39 is 0 Å². The van der Waals surface area contributed by atoms with Crippen LogP contribution >= 0.6 is 0 Å². The van der Waals surface area contributed by atoms with Crippen molar-refractivity contribution in [3.05, 3.63) is 35.4 Å². The van der Waals surface area contributed by atoms with Crippen LogP contribution in [0.5, 0.6) is 0 Å². The van der Waals surface area contributed by atoms with Gasteiger partial charge in [0.1, 0.15) is 0 Å². The lowest BCUT2D eigenvalue weighted by Gasteiger charge is -2.21. The van der Waals surface area contributed by atoms with Crippen molar-refractivity contribution in [2.24, 2.45) is 0 Å². The van der Waals surface area contributed by atoms with Crippen LogP contribution in [0.25, 0.3) is 0 Å². The van der Waals surface area contributed by atoms with Gasteiger partial charge < -0.3 is 19.9 Å². The summed E-state index contributed by atoms with van der Waals surface area (Å²) < 4.78 is 10.4. The molecule has 23 heavy (non-hydrogen) atoms. The molecule has 0 aromatic heterocycles. The van der Waals surface area contributed by atoms with E-state index in [1.807, 2.05) is 29.2 Å². The molecule has 0 saturated carbocycles. The highest BCUT2D eigenvalue weighted by atomic mass is 16.5. The van der Waals surface area contributed by atoms with Crippen molar-refractivity contribution < 1.29 is 19.4 Å². The van der Waals surface area contributed by atoms with E-state index in [4.69, 9.17) is 9.47 Å². The SMILES string of the molecule is COCc1cccc(CNC(=O)CN2C[C@@H](OC)C[C@H]2CO)c1. The van der Waals surface area contributed by atoms with Crippen molar-refractivity contribution in [3.63, 3.8) is 0 Å². The molecular weight excluding hydrogens is 296 g/mol. The molecule has 2 rings (SSSR count). The summed E-state index contributed by atoms with van der Waals surface area (Å²) in [5, 5.41) is 12.3. The molecule has 2 N–H and O–H groups in total. The molecule has 1 heterocycles. The van der Waals surface area contributed by atoms with Gasteiger partial charge in [-0.2, -0.15) is 0 Å². The molecule has 0 radical (unpaired) electrons. The number of benzene rings is 1. The Morgan fingerprint density at radius 1 is 1.39 bits per heavy atom. The first kappa shape index (κ1) is 17.9. The Morgan fingerprint density at radius 3 is 2.87 bits per heavy atom. The molecule has 1 fully saturated rings. The van der Waals surface area contributed by atoms with Crippen LogP contribution in [0, 0.1) is 0 Å². The van der Waals surface area contributed by atoms with E-state index in [1.165, 1.54) is 0 Å². The van der Waals surface area contributed by atoms with Crippen LogP contribution in [0.1, 0.15) is 17.5 Å². The number of nitrogens with one attached hydrogen (secondary N) is 1. The Kier molecular flexibility index (Phi) is 6.98. The van der Waals surface area contributed by atoms with Crippen LogP contribution in [0.4, 0.5) is 0 Å². The lowest BCUT2D eigenvalue weighted by atomic mass is 10.1. The van der Waals surface area contributed by atoms with E-state index in [0.29, 0.717) is 19.7 Å². The minimum absolute atomic E-state index is 0.00395. The van der Waals surface area contributed by atoms with Gasteiger partial charge in [0.2, 0.25) is 5.91 Å². The summed E-state index contributed by atoms with van der Waals surface area (Å²) >= 11 is 0. The van der Waals surface area contributed by atoms with E-state index in [-0.39, 0.29) is 31.2 Å². The number of aliphatic hydroxyl groups excluding tert-OH is 1. The zero-order valence-corrected chi connectivity index (χ0v) is 13.8. The highest BCUT2D eigenvalue weighted by molar-refractivity contribution is 5.78. The second kappa shape index (κ2) is 8.98. The summed E-state index contributed by atoms with van der Waals surface area (Å²) in [6, 6.07) is 7.96. The van der Waals surface area contributed by atoms with Crippen LogP contribution in [0.2, 0.25) is 0 Å². The summed E-state index contributed by atoms with van der Waals surface area (Å²) in [5.41, 5.74) is 2.13. The van der Waals surface area contributed by atoms with Crippen molar-refractivity contribution in [2.45, 2.75) is 31.7 Å². The number of hydrogen-bond donors (Lipinski definition) is 2. The maximum absolute atomic E-state index is 12.1. The molecular formula is C17H26N2O4. The average Bonchev–Trinajstić information content (AvgIpc) is 2.96. The number of aliphatic hydroxyl groups is 1. The Balaban J connectivity index is 1.82. The number of rotatable bonds is 8. The molecule has 0 aliphatic carbocycles. The number of nitrogens with zero attached hydrogens (tertiary/aromatic N) is 1. The van der Waals surface area contributed by atoms with Gasteiger partial charge in [-0.25, -0.2) is 0 Å². The third-order valence-electron chi connectivity index (χ3n) is 4.17. The third kappa shape index (κ3) is 5.28. The monoisotopic (exact) mass is 322 g/mol. The minimum atomic E-state index is -0.0441. The smallest absolute Gasteiger partial charge is 0.234 e. The van der Waals surface area contributed by atoms with Crippen LogP contribution in [-0.2, 0) is 27.4 Å². The average molecular weight is 322 g/mol. The van der Waals surface area contributed by atoms with Crippen molar-refractivity contribution in [1.82, 2.24) is 10.2 Å². The molecule has 0 unspecified atom stereocenters. The van der Waals surface area contributed by atoms with Gasteiger partial charge in [-0.05, 0) is 17.5 Å². The van der Waals surface area contributed by atoms with Gasteiger partial charge in [0.25, 0.3) is 0 Å². The number of carbonyl (C=O) groups excluding carboxylic acids is 1. The molecule has 6 heteroatoms. The number of methoxy groups -OCH3 is 2. The van der Waals surface area contributed by atoms with Gasteiger partial charge in [0.15, 0.2) is 0 Å². The zero-order valence-electron chi connectivity index (χ0n) is 13.8. The molecule has 1 saturated heterocycles. The largest absolute Gasteiger partial charge is 0.395 e. The van der Waals surface area contributed by atoms with E-state index >= 15 is 0 Å². The van der Waals surface area contributed by atoms with E-state index in [9.17, 15) is 9.90 Å². The van der Waals surface area contributed by atoms with Crippen molar-refractivity contribution >= 4 is 5.91 Å². The Morgan fingerprint density at radius 2 is 2.17 bits per heavy atom. The van der Waals surface area contributed by atoms with Crippen LogP contribution in [0.3, 0.4) is 0 Å². The van der Waals surface area contributed by atoms with E-state index in [0.717, 1.165) is 17.5 Å². The summed E-state index contributed by atoms with van der Waals surface area (Å²) in [4.78, 5) is 14.1. The quantitative estimate of drug-likeness (QED) is 0.731. The predicted octanol–water partition coefficient (Wildman–Crippen LogP) is 0.531. The highest BCUT2D eigenvalue weighted by Gasteiger charge is 2.32. The van der Waals surface area contributed by atoms with E-state index in [2.05, 4.69) is 5.32 Å².